The van der Waals surface area contributed by atoms with Crippen molar-refractivity contribution in [2.45, 2.75) is 31.6 Å². The van der Waals surface area contributed by atoms with E-state index in [0.717, 1.165) is 35.1 Å². The number of aryl methyl sites for hydroxylation is 2. The maximum atomic E-state index is 12.0. The zero-order chi connectivity index (χ0) is 18.3. The topological polar surface area (TPSA) is 74.6 Å². The number of allylic oxidation sites excluding steroid dienone is 1. The first-order valence-electron chi connectivity index (χ1n) is 8.94. The molecule has 2 N–H and O–H groups in total. The molecule has 2 aliphatic carbocycles. The second-order valence-electron chi connectivity index (χ2n) is 7.01. The van der Waals surface area contributed by atoms with E-state index in [4.69, 9.17) is 0 Å². The molecule has 0 saturated heterocycles. The number of fused-ring (bicyclic) bond motifs is 2. The number of carboxylic acid groups (broad SMARTS) is 2. The molecule has 4 nitrogen and oxygen atoms in total. The quantitative estimate of drug-likeness (QED) is 0.875. The van der Waals surface area contributed by atoms with E-state index in [9.17, 15) is 19.8 Å². The highest BCUT2D eigenvalue weighted by Gasteiger charge is 2.38. The molecule has 0 fully saturated rings. The van der Waals surface area contributed by atoms with Crippen LogP contribution in [0.3, 0.4) is 0 Å². The van der Waals surface area contributed by atoms with Crippen LogP contribution in [0.1, 0.15) is 56.9 Å². The summed E-state index contributed by atoms with van der Waals surface area (Å²) in [7, 11) is 0. The first-order chi connectivity index (χ1) is 12.6. The Hall–Kier alpha value is -2.88. The molecule has 0 aliphatic heterocycles. The van der Waals surface area contributed by atoms with Gasteiger partial charge in [0.15, 0.2) is 0 Å². The summed E-state index contributed by atoms with van der Waals surface area (Å²) in [5.74, 6) is -2.93. The van der Waals surface area contributed by atoms with Gasteiger partial charge in [-0.3, -0.25) is 4.79 Å². The lowest BCUT2D eigenvalue weighted by atomic mass is 9.68. The molecule has 132 valence electrons. The van der Waals surface area contributed by atoms with Crippen LogP contribution in [0.15, 0.2) is 42.5 Å². The van der Waals surface area contributed by atoms with Crippen molar-refractivity contribution in [1.82, 2.24) is 0 Å². The van der Waals surface area contributed by atoms with Crippen molar-refractivity contribution >= 4 is 18.0 Å². The fraction of sp³-hybridized carbons (Fsp3) is 0.273. The van der Waals surface area contributed by atoms with E-state index >= 15 is 0 Å². The highest BCUT2D eigenvalue weighted by atomic mass is 16.4. The Labute approximate surface area is 151 Å². The summed E-state index contributed by atoms with van der Waals surface area (Å²) < 4.78 is 0. The molecule has 4 rings (SSSR count). The average molecular weight is 348 g/mol. The molecule has 0 bridgehead atoms. The van der Waals surface area contributed by atoms with Crippen LogP contribution in [0.2, 0.25) is 0 Å². The summed E-state index contributed by atoms with van der Waals surface area (Å²) in [6.45, 7) is 0. The van der Waals surface area contributed by atoms with Gasteiger partial charge in [0.1, 0.15) is 0 Å². The van der Waals surface area contributed by atoms with E-state index in [1.165, 1.54) is 0 Å². The van der Waals surface area contributed by atoms with E-state index in [1.54, 1.807) is 6.07 Å². The standard InChI is InChI=1S/C22H20O4/c23-21(24)17-11-9-13-5-1-3-7-15(13)19(17)20-16-8-4-2-6-14(16)10-12-18(20)22(25)26/h1,3-5,7-8,10,12,17,19H,2,6,9,11H2,(H,23,24)(H,25,26)/t17?,19-/m0/s1. The van der Waals surface area contributed by atoms with Crippen LogP contribution in [0.25, 0.3) is 6.08 Å². The molecular weight excluding hydrogens is 328 g/mol. The number of hydrogen-bond acceptors (Lipinski definition) is 2. The maximum absolute atomic E-state index is 12.0. The van der Waals surface area contributed by atoms with Gasteiger partial charge in [0, 0.05) is 5.92 Å². The lowest BCUT2D eigenvalue weighted by molar-refractivity contribution is -0.142. The van der Waals surface area contributed by atoms with Gasteiger partial charge < -0.3 is 10.2 Å². The Kier molecular flexibility index (Phi) is 4.11. The highest BCUT2D eigenvalue weighted by Crippen LogP contribution is 2.45. The number of carboxylic acids is 2. The molecule has 0 aromatic heterocycles. The van der Waals surface area contributed by atoms with Gasteiger partial charge in [-0.1, -0.05) is 42.5 Å². The van der Waals surface area contributed by atoms with Gasteiger partial charge in [0.25, 0.3) is 0 Å². The van der Waals surface area contributed by atoms with Crippen molar-refractivity contribution in [2.75, 3.05) is 0 Å². The van der Waals surface area contributed by atoms with Crippen molar-refractivity contribution in [2.24, 2.45) is 5.92 Å². The monoisotopic (exact) mass is 348 g/mol. The normalized spacial score (nSPS) is 20.9. The van der Waals surface area contributed by atoms with Crippen molar-refractivity contribution in [3.8, 4) is 0 Å². The molecule has 0 spiro atoms. The van der Waals surface area contributed by atoms with Crippen LogP contribution in [-0.4, -0.2) is 22.2 Å². The second-order valence-corrected chi connectivity index (χ2v) is 7.01. The van der Waals surface area contributed by atoms with Gasteiger partial charge in [-0.2, -0.15) is 0 Å². The number of aromatic carboxylic acids is 1. The van der Waals surface area contributed by atoms with Crippen molar-refractivity contribution in [3.63, 3.8) is 0 Å². The third-order valence-electron chi connectivity index (χ3n) is 5.62. The van der Waals surface area contributed by atoms with Crippen LogP contribution in [0.5, 0.6) is 0 Å². The molecule has 1 unspecified atom stereocenters. The second kappa shape index (κ2) is 6.45. The van der Waals surface area contributed by atoms with E-state index in [1.807, 2.05) is 42.5 Å². The fourth-order valence-corrected chi connectivity index (χ4v) is 4.44. The molecule has 4 heteroatoms. The molecule has 2 aromatic rings. The van der Waals surface area contributed by atoms with Gasteiger partial charge in [-0.25, -0.2) is 4.79 Å². The predicted molar refractivity (Wildman–Crippen MR) is 98.5 cm³/mol. The van der Waals surface area contributed by atoms with Crippen LogP contribution in [0.4, 0.5) is 0 Å². The largest absolute Gasteiger partial charge is 0.481 e. The molecule has 26 heavy (non-hydrogen) atoms. The number of carbonyl (C=O) groups is 2. The minimum absolute atomic E-state index is 0.211. The van der Waals surface area contributed by atoms with Gasteiger partial charge in [-0.05, 0) is 59.6 Å². The first-order valence-corrected chi connectivity index (χ1v) is 8.94. The lowest BCUT2D eigenvalue weighted by Gasteiger charge is -2.34. The summed E-state index contributed by atoms with van der Waals surface area (Å²) in [6.07, 6.45) is 7.01. The number of benzene rings is 2. The smallest absolute Gasteiger partial charge is 0.336 e. The van der Waals surface area contributed by atoms with E-state index in [-0.39, 0.29) is 5.56 Å². The highest BCUT2D eigenvalue weighted by molar-refractivity contribution is 5.92. The maximum Gasteiger partial charge on any atom is 0.336 e. The van der Waals surface area contributed by atoms with Crippen LogP contribution >= 0.6 is 0 Å². The Balaban J connectivity index is 2.02. The Bertz CT molecular complexity index is 926. The van der Waals surface area contributed by atoms with Crippen molar-refractivity contribution < 1.29 is 19.8 Å². The summed E-state index contributed by atoms with van der Waals surface area (Å²) >= 11 is 0. The third-order valence-corrected chi connectivity index (χ3v) is 5.62. The van der Waals surface area contributed by atoms with E-state index < -0.39 is 23.8 Å². The molecule has 0 saturated carbocycles. The van der Waals surface area contributed by atoms with E-state index in [0.29, 0.717) is 18.4 Å². The van der Waals surface area contributed by atoms with Crippen molar-refractivity contribution in [1.29, 1.82) is 0 Å². The Morgan fingerprint density at radius 3 is 2.54 bits per heavy atom. The lowest BCUT2D eigenvalue weighted by Crippen LogP contribution is -2.30. The Morgan fingerprint density at radius 1 is 0.962 bits per heavy atom. The fourth-order valence-electron chi connectivity index (χ4n) is 4.44. The average Bonchev–Trinajstić information content (AvgIpc) is 2.66. The SMILES string of the molecule is O=C(O)c1ccc2c(c1[C@H]1c3ccccc3CCC1C(=O)O)C=CCC2. The first kappa shape index (κ1) is 16.6. The summed E-state index contributed by atoms with van der Waals surface area (Å²) in [4.78, 5) is 24.0. The summed E-state index contributed by atoms with van der Waals surface area (Å²) in [5.41, 5.74) is 4.92. The van der Waals surface area contributed by atoms with Gasteiger partial charge in [-0.15, -0.1) is 0 Å². The number of rotatable bonds is 3. The van der Waals surface area contributed by atoms with Crippen LogP contribution in [0, 0.1) is 5.92 Å². The summed E-state index contributed by atoms with van der Waals surface area (Å²) in [5, 5.41) is 19.7. The molecule has 2 atom stereocenters. The minimum Gasteiger partial charge on any atom is -0.481 e. The Morgan fingerprint density at radius 2 is 1.77 bits per heavy atom. The zero-order valence-electron chi connectivity index (χ0n) is 14.3. The molecular formula is C22H20O4. The third kappa shape index (κ3) is 2.62. The van der Waals surface area contributed by atoms with Gasteiger partial charge in [0.2, 0.25) is 0 Å². The number of aliphatic carboxylic acids is 1. The van der Waals surface area contributed by atoms with Crippen LogP contribution in [-0.2, 0) is 17.6 Å². The van der Waals surface area contributed by atoms with Crippen molar-refractivity contribution in [3.05, 3.63) is 75.9 Å². The molecule has 2 aromatic carbocycles. The number of hydrogen-bond donors (Lipinski definition) is 2. The van der Waals surface area contributed by atoms with Crippen LogP contribution < -0.4 is 0 Å². The zero-order valence-corrected chi connectivity index (χ0v) is 14.3. The predicted octanol–water partition coefficient (Wildman–Crippen LogP) is 4.12. The summed E-state index contributed by atoms with van der Waals surface area (Å²) in [6, 6.07) is 11.3. The molecule has 0 heterocycles. The molecule has 0 radical (unpaired) electrons. The minimum atomic E-state index is -1.01. The molecule has 0 amide bonds. The molecule has 2 aliphatic rings. The van der Waals surface area contributed by atoms with Gasteiger partial charge >= 0.3 is 11.9 Å². The van der Waals surface area contributed by atoms with E-state index in [2.05, 4.69) is 0 Å². The van der Waals surface area contributed by atoms with Gasteiger partial charge in [0.05, 0.1) is 11.5 Å².